The number of hydrogen-bond acceptors (Lipinski definition) is 4. The van der Waals surface area contributed by atoms with Crippen LogP contribution in [0, 0.1) is 6.92 Å². The molecule has 5 nitrogen and oxygen atoms in total. The van der Waals surface area contributed by atoms with Gasteiger partial charge in [-0.05, 0) is 37.1 Å². The van der Waals surface area contributed by atoms with Gasteiger partial charge in [0.05, 0.1) is 13.7 Å². The molecular weight excluding hydrogens is 318 g/mol. The zero-order valence-corrected chi connectivity index (χ0v) is 15.0. The summed E-state index contributed by atoms with van der Waals surface area (Å²) in [4.78, 5) is 12.3. The van der Waals surface area contributed by atoms with E-state index >= 15 is 0 Å². The van der Waals surface area contributed by atoms with E-state index in [-0.39, 0.29) is 5.91 Å². The van der Waals surface area contributed by atoms with Crippen LogP contribution >= 0.6 is 0 Å². The van der Waals surface area contributed by atoms with Crippen molar-refractivity contribution in [3.63, 3.8) is 0 Å². The number of para-hydroxylation sites is 1. The Morgan fingerprint density at radius 2 is 1.88 bits per heavy atom. The van der Waals surface area contributed by atoms with Crippen LogP contribution in [-0.2, 0) is 4.79 Å². The second-order valence-corrected chi connectivity index (χ2v) is 5.60. The lowest BCUT2D eigenvalue weighted by Gasteiger charge is -2.18. The Hall–Kier alpha value is -2.69. The number of rotatable bonds is 9. The summed E-state index contributed by atoms with van der Waals surface area (Å²) in [7, 11) is 1.59. The van der Waals surface area contributed by atoms with Crippen molar-refractivity contribution in [1.29, 1.82) is 0 Å². The molecule has 0 heterocycles. The van der Waals surface area contributed by atoms with Crippen molar-refractivity contribution in [2.24, 2.45) is 0 Å². The highest BCUT2D eigenvalue weighted by molar-refractivity contribution is 5.81. The van der Waals surface area contributed by atoms with E-state index in [2.05, 4.69) is 5.32 Å². The first kappa shape index (κ1) is 18.6. The molecule has 0 unspecified atom stereocenters. The van der Waals surface area contributed by atoms with Gasteiger partial charge in [-0.25, -0.2) is 0 Å². The van der Waals surface area contributed by atoms with Gasteiger partial charge in [0.1, 0.15) is 23.9 Å². The Morgan fingerprint density at radius 3 is 2.60 bits per heavy atom. The van der Waals surface area contributed by atoms with Crippen LogP contribution in [0.3, 0.4) is 0 Å². The number of amides is 1. The predicted molar refractivity (Wildman–Crippen MR) is 97.4 cm³/mol. The maximum absolute atomic E-state index is 12.3. The van der Waals surface area contributed by atoms with Crippen LogP contribution in [0.1, 0.15) is 18.9 Å². The van der Waals surface area contributed by atoms with E-state index in [4.69, 9.17) is 14.2 Å². The molecule has 2 aromatic rings. The zero-order chi connectivity index (χ0) is 18.1. The lowest BCUT2D eigenvalue weighted by Crippen LogP contribution is -2.39. The standard InChI is InChI=1S/C20H25NO4/c1-4-18(25-17-10-7-9-16(14-17)23-3)20(22)21-12-13-24-19-11-6-5-8-15(19)2/h5-11,14,18H,4,12-13H2,1-3H3,(H,21,22)/t18-/m1/s1. The minimum Gasteiger partial charge on any atom is -0.497 e. The Bertz CT molecular complexity index is 687. The molecule has 0 radical (unpaired) electrons. The maximum Gasteiger partial charge on any atom is 0.261 e. The summed E-state index contributed by atoms with van der Waals surface area (Å²) in [6.45, 7) is 4.73. The fourth-order valence-electron chi connectivity index (χ4n) is 2.33. The number of nitrogens with one attached hydrogen (secondary N) is 1. The Kier molecular flexibility index (Phi) is 7.14. The van der Waals surface area contributed by atoms with E-state index < -0.39 is 6.10 Å². The van der Waals surface area contributed by atoms with Crippen LogP contribution < -0.4 is 19.5 Å². The summed E-state index contributed by atoms with van der Waals surface area (Å²) < 4.78 is 16.6. The molecule has 1 atom stereocenters. The second kappa shape index (κ2) is 9.57. The van der Waals surface area contributed by atoms with E-state index in [0.717, 1.165) is 11.3 Å². The highest BCUT2D eigenvalue weighted by Crippen LogP contribution is 2.20. The lowest BCUT2D eigenvalue weighted by molar-refractivity contribution is -0.128. The Balaban J connectivity index is 1.80. The van der Waals surface area contributed by atoms with E-state index in [0.29, 0.717) is 31.1 Å². The number of ether oxygens (including phenoxy) is 3. The number of carbonyl (C=O) groups is 1. The maximum atomic E-state index is 12.3. The van der Waals surface area contributed by atoms with Gasteiger partial charge in [0.25, 0.3) is 5.91 Å². The third-order valence-electron chi connectivity index (χ3n) is 3.74. The zero-order valence-electron chi connectivity index (χ0n) is 15.0. The third kappa shape index (κ3) is 5.71. The highest BCUT2D eigenvalue weighted by atomic mass is 16.5. The molecule has 0 bridgehead atoms. The molecule has 2 aromatic carbocycles. The fourth-order valence-corrected chi connectivity index (χ4v) is 2.33. The summed E-state index contributed by atoms with van der Waals surface area (Å²) in [6, 6.07) is 15.0. The van der Waals surface area contributed by atoms with E-state index in [1.807, 2.05) is 50.2 Å². The van der Waals surface area contributed by atoms with Crippen molar-refractivity contribution in [2.45, 2.75) is 26.4 Å². The number of hydrogen-bond donors (Lipinski definition) is 1. The summed E-state index contributed by atoms with van der Waals surface area (Å²) in [6.07, 6.45) is 0.0207. The van der Waals surface area contributed by atoms with Crippen molar-refractivity contribution in [1.82, 2.24) is 5.32 Å². The van der Waals surface area contributed by atoms with E-state index in [1.54, 1.807) is 19.2 Å². The number of aryl methyl sites for hydroxylation is 1. The molecule has 1 N–H and O–H groups in total. The summed E-state index contributed by atoms with van der Waals surface area (Å²) in [5, 5.41) is 2.85. The van der Waals surface area contributed by atoms with Crippen LogP contribution in [0.4, 0.5) is 0 Å². The van der Waals surface area contributed by atoms with Crippen LogP contribution in [0.2, 0.25) is 0 Å². The van der Waals surface area contributed by atoms with Crippen LogP contribution in [0.15, 0.2) is 48.5 Å². The van der Waals surface area contributed by atoms with Gasteiger partial charge in [0, 0.05) is 6.07 Å². The average molecular weight is 343 g/mol. The van der Waals surface area contributed by atoms with Crippen LogP contribution in [-0.4, -0.2) is 32.3 Å². The molecule has 25 heavy (non-hydrogen) atoms. The normalized spacial score (nSPS) is 11.5. The summed E-state index contributed by atoms with van der Waals surface area (Å²) in [5.74, 6) is 1.98. The minimum absolute atomic E-state index is 0.154. The van der Waals surface area contributed by atoms with Gasteiger partial charge < -0.3 is 19.5 Å². The molecule has 0 saturated carbocycles. The molecule has 0 aliphatic heterocycles. The van der Waals surface area contributed by atoms with Crippen molar-refractivity contribution in [2.75, 3.05) is 20.3 Å². The first-order chi connectivity index (χ1) is 12.1. The van der Waals surface area contributed by atoms with Crippen molar-refractivity contribution < 1.29 is 19.0 Å². The average Bonchev–Trinajstić information content (AvgIpc) is 2.64. The smallest absolute Gasteiger partial charge is 0.261 e. The van der Waals surface area contributed by atoms with Crippen LogP contribution in [0.5, 0.6) is 17.2 Å². The molecule has 2 rings (SSSR count). The highest BCUT2D eigenvalue weighted by Gasteiger charge is 2.18. The molecule has 0 saturated heterocycles. The summed E-state index contributed by atoms with van der Waals surface area (Å²) >= 11 is 0. The fraction of sp³-hybridized carbons (Fsp3) is 0.350. The van der Waals surface area contributed by atoms with Crippen LogP contribution in [0.25, 0.3) is 0 Å². The van der Waals surface area contributed by atoms with Gasteiger partial charge in [0.15, 0.2) is 6.10 Å². The van der Waals surface area contributed by atoms with Gasteiger partial charge in [-0.3, -0.25) is 4.79 Å². The monoisotopic (exact) mass is 343 g/mol. The van der Waals surface area contributed by atoms with Crippen molar-refractivity contribution in [3.05, 3.63) is 54.1 Å². The molecule has 1 amide bonds. The molecule has 0 spiro atoms. The molecule has 0 aliphatic carbocycles. The molecule has 0 fully saturated rings. The van der Waals surface area contributed by atoms with E-state index in [9.17, 15) is 4.79 Å². The summed E-state index contributed by atoms with van der Waals surface area (Å²) in [5.41, 5.74) is 1.07. The van der Waals surface area contributed by atoms with Gasteiger partial charge in [-0.1, -0.05) is 31.2 Å². The molecule has 134 valence electrons. The second-order valence-electron chi connectivity index (χ2n) is 5.60. The largest absolute Gasteiger partial charge is 0.497 e. The van der Waals surface area contributed by atoms with Gasteiger partial charge in [-0.2, -0.15) is 0 Å². The number of benzene rings is 2. The quantitative estimate of drug-likeness (QED) is 0.710. The van der Waals surface area contributed by atoms with Gasteiger partial charge in [-0.15, -0.1) is 0 Å². The Morgan fingerprint density at radius 1 is 1.12 bits per heavy atom. The topological polar surface area (TPSA) is 56.8 Å². The first-order valence-electron chi connectivity index (χ1n) is 8.41. The van der Waals surface area contributed by atoms with Gasteiger partial charge in [0.2, 0.25) is 0 Å². The van der Waals surface area contributed by atoms with E-state index in [1.165, 1.54) is 0 Å². The lowest BCUT2D eigenvalue weighted by atomic mass is 10.2. The molecule has 0 aliphatic rings. The molecule has 0 aromatic heterocycles. The third-order valence-corrected chi connectivity index (χ3v) is 3.74. The number of methoxy groups -OCH3 is 1. The Labute approximate surface area is 148 Å². The minimum atomic E-state index is -0.550. The SMILES string of the molecule is CC[C@@H](Oc1cccc(OC)c1)C(=O)NCCOc1ccccc1C. The number of carbonyl (C=O) groups excluding carboxylic acids is 1. The first-order valence-corrected chi connectivity index (χ1v) is 8.41. The van der Waals surface area contributed by atoms with Crippen molar-refractivity contribution >= 4 is 5.91 Å². The van der Waals surface area contributed by atoms with Crippen molar-refractivity contribution in [3.8, 4) is 17.2 Å². The van der Waals surface area contributed by atoms with Gasteiger partial charge >= 0.3 is 0 Å². The molecular formula is C20H25NO4. The predicted octanol–water partition coefficient (Wildman–Crippen LogP) is 3.36. The molecule has 5 heteroatoms.